The lowest BCUT2D eigenvalue weighted by Crippen LogP contribution is -2.34. The number of ether oxygens (including phenoxy) is 1. The average Bonchev–Trinajstić information content (AvgIpc) is 2.37. The van der Waals surface area contributed by atoms with E-state index in [-0.39, 0.29) is 0 Å². The second-order valence-electron chi connectivity index (χ2n) is 3.59. The van der Waals surface area contributed by atoms with Gasteiger partial charge in [0.15, 0.2) is 6.10 Å². The Kier molecular flexibility index (Phi) is 3.20. The van der Waals surface area contributed by atoms with E-state index in [9.17, 15) is 4.79 Å². The number of rotatable bonds is 3. The van der Waals surface area contributed by atoms with E-state index in [4.69, 9.17) is 9.94 Å². The van der Waals surface area contributed by atoms with Crippen LogP contribution < -0.4 is 10.2 Å². The molecule has 2 aromatic rings. The highest BCUT2D eigenvalue weighted by atomic mass is 16.5. The van der Waals surface area contributed by atoms with Crippen molar-refractivity contribution in [3.63, 3.8) is 0 Å². The van der Waals surface area contributed by atoms with Crippen LogP contribution in [0.25, 0.3) is 10.9 Å². The molecule has 5 nitrogen and oxygen atoms in total. The molecule has 5 heteroatoms. The highest BCUT2D eigenvalue weighted by molar-refractivity contribution is 5.81. The number of aromatic nitrogens is 1. The van der Waals surface area contributed by atoms with Gasteiger partial charge in [0.25, 0.3) is 5.91 Å². The minimum absolute atomic E-state index is 0.535. The first-order valence-corrected chi connectivity index (χ1v) is 5.16. The summed E-state index contributed by atoms with van der Waals surface area (Å²) in [5.74, 6) is -0.0570. The van der Waals surface area contributed by atoms with Gasteiger partial charge in [0.1, 0.15) is 5.75 Å². The number of nitrogens with zero attached hydrogens (tertiary/aromatic N) is 1. The van der Waals surface area contributed by atoms with E-state index in [1.165, 1.54) is 0 Å². The minimum atomic E-state index is -0.763. The molecule has 88 valence electrons. The van der Waals surface area contributed by atoms with E-state index >= 15 is 0 Å². The molecule has 1 atom stereocenters. The lowest BCUT2D eigenvalue weighted by Gasteiger charge is -2.12. The van der Waals surface area contributed by atoms with Crippen LogP contribution in [0.2, 0.25) is 0 Å². The van der Waals surface area contributed by atoms with Gasteiger partial charge in [-0.25, -0.2) is 5.48 Å². The van der Waals surface area contributed by atoms with Crippen molar-refractivity contribution in [2.24, 2.45) is 0 Å². The molecule has 1 heterocycles. The first kappa shape index (κ1) is 11.3. The summed E-state index contributed by atoms with van der Waals surface area (Å²) in [6, 6.07) is 9.16. The fourth-order valence-electron chi connectivity index (χ4n) is 1.47. The van der Waals surface area contributed by atoms with Crippen molar-refractivity contribution in [2.45, 2.75) is 13.0 Å². The molecule has 0 spiro atoms. The van der Waals surface area contributed by atoms with Crippen molar-refractivity contribution in [1.29, 1.82) is 0 Å². The Hall–Kier alpha value is -2.14. The van der Waals surface area contributed by atoms with Crippen LogP contribution in [-0.4, -0.2) is 22.2 Å². The standard InChI is InChI=1S/C12H12N2O3/c1-8(12(15)14-16)17-10-5-4-9-3-2-6-13-11(9)7-10/h2-8,16H,1H3,(H,14,15). The third-order valence-electron chi connectivity index (χ3n) is 2.37. The molecule has 2 N–H and O–H groups in total. The average molecular weight is 232 g/mol. The fraction of sp³-hybridized carbons (Fsp3) is 0.167. The number of pyridine rings is 1. The molecule has 0 aliphatic rings. The normalized spacial score (nSPS) is 12.1. The van der Waals surface area contributed by atoms with Gasteiger partial charge in [-0.05, 0) is 25.1 Å². The Morgan fingerprint density at radius 2 is 2.29 bits per heavy atom. The van der Waals surface area contributed by atoms with Crippen molar-refractivity contribution in [1.82, 2.24) is 10.5 Å². The largest absolute Gasteiger partial charge is 0.481 e. The molecule has 1 amide bonds. The summed E-state index contributed by atoms with van der Waals surface area (Å²) < 4.78 is 5.36. The van der Waals surface area contributed by atoms with Crippen molar-refractivity contribution >= 4 is 16.8 Å². The zero-order valence-corrected chi connectivity index (χ0v) is 9.25. The monoisotopic (exact) mass is 232 g/mol. The molecule has 0 aliphatic heterocycles. The van der Waals surface area contributed by atoms with Gasteiger partial charge in [-0.3, -0.25) is 15.0 Å². The van der Waals surface area contributed by atoms with Crippen LogP contribution in [-0.2, 0) is 4.79 Å². The van der Waals surface area contributed by atoms with Crippen LogP contribution in [0.4, 0.5) is 0 Å². The van der Waals surface area contributed by atoms with Crippen molar-refractivity contribution in [3.05, 3.63) is 36.5 Å². The second-order valence-corrected chi connectivity index (χ2v) is 3.59. The zero-order valence-electron chi connectivity index (χ0n) is 9.25. The van der Waals surface area contributed by atoms with Crippen molar-refractivity contribution in [3.8, 4) is 5.75 Å². The second kappa shape index (κ2) is 4.80. The summed E-state index contributed by atoms with van der Waals surface area (Å²) in [7, 11) is 0. The zero-order chi connectivity index (χ0) is 12.3. The van der Waals surface area contributed by atoms with Crippen LogP contribution in [0.15, 0.2) is 36.5 Å². The van der Waals surface area contributed by atoms with E-state index in [1.54, 1.807) is 30.7 Å². The lowest BCUT2D eigenvalue weighted by atomic mass is 10.2. The molecular weight excluding hydrogens is 220 g/mol. The van der Waals surface area contributed by atoms with Crippen LogP contribution in [0.5, 0.6) is 5.75 Å². The van der Waals surface area contributed by atoms with Crippen molar-refractivity contribution < 1.29 is 14.7 Å². The topological polar surface area (TPSA) is 71.5 Å². The van der Waals surface area contributed by atoms with Gasteiger partial charge in [-0.1, -0.05) is 6.07 Å². The molecule has 0 saturated heterocycles. The quantitative estimate of drug-likeness (QED) is 0.621. The third kappa shape index (κ3) is 2.51. The number of hydrogen-bond acceptors (Lipinski definition) is 4. The van der Waals surface area contributed by atoms with Gasteiger partial charge in [0.05, 0.1) is 5.52 Å². The number of hydroxylamine groups is 1. The summed E-state index contributed by atoms with van der Waals surface area (Å²) in [4.78, 5) is 15.3. The number of hydrogen-bond donors (Lipinski definition) is 2. The van der Waals surface area contributed by atoms with Gasteiger partial charge >= 0.3 is 0 Å². The van der Waals surface area contributed by atoms with Crippen LogP contribution in [0, 0.1) is 0 Å². The number of amides is 1. The smallest absolute Gasteiger partial charge is 0.284 e. The molecule has 0 fully saturated rings. The predicted octanol–water partition coefficient (Wildman–Crippen LogP) is 1.51. The Labute approximate surface area is 98.0 Å². The van der Waals surface area contributed by atoms with Gasteiger partial charge in [0.2, 0.25) is 0 Å². The van der Waals surface area contributed by atoms with Crippen molar-refractivity contribution in [2.75, 3.05) is 0 Å². The first-order chi connectivity index (χ1) is 8.20. The lowest BCUT2D eigenvalue weighted by molar-refractivity contribution is -0.135. The van der Waals surface area contributed by atoms with Gasteiger partial charge in [-0.15, -0.1) is 0 Å². The van der Waals surface area contributed by atoms with E-state index in [2.05, 4.69) is 4.98 Å². The summed E-state index contributed by atoms with van der Waals surface area (Å²) in [5, 5.41) is 9.46. The summed E-state index contributed by atoms with van der Waals surface area (Å²) in [6.07, 6.45) is 0.928. The van der Waals surface area contributed by atoms with E-state index in [0.29, 0.717) is 5.75 Å². The highest BCUT2D eigenvalue weighted by Gasteiger charge is 2.13. The number of carbonyl (C=O) groups excluding carboxylic acids is 1. The molecule has 0 aliphatic carbocycles. The Balaban J connectivity index is 2.22. The van der Waals surface area contributed by atoms with Crippen LogP contribution >= 0.6 is 0 Å². The number of fused-ring (bicyclic) bond motifs is 1. The molecule has 0 radical (unpaired) electrons. The number of nitrogens with one attached hydrogen (secondary N) is 1. The van der Waals surface area contributed by atoms with Gasteiger partial charge in [-0.2, -0.15) is 0 Å². The first-order valence-electron chi connectivity index (χ1n) is 5.16. The molecule has 0 saturated carbocycles. The molecule has 1 aromatic heterocycles. The maximum Gasteiger partial charge on any atom is 0.284 e. The maximum absolute atomic E-state index is 11.1. The Morgan fingerprint density at radius 1 is 1.47 bits per heavy atom. The SMILES string of the molecule is CC(Oc1ccc2cccnc2c1)C(=O)NO. The summed E-state index contributed by atoms with van der Waals surface area (Å²) >= 11 is 0. The molecule has 17 heavy (non-hydrogen) atoms. The predicted molar refractivity (Wildman–Crippen MR) is 61.8 cm³/mol. The van der Waals surface area contributed by atoms with Gasteiger partial charge < -0.3 is 4.74 Å². The Morgan fingerprint density at radius 3 is 3.06 bits per heavy atom. The fourth-order valence-corrected chi connectivity index (χ4v) is 1.47. The van der Waals surface area contributed by atoms with Crippen LogP contribution in [0.1, 0.15) is 6.92 Å². The highest BCUT2D eigenvalue weighted by Crippen LogP contribution is 2.19. The summed E-state index contributed by atoms with van der Waals surface area (Å²) in [5.41, 5.74) is 2.34. The third-order valence-corrected chi connectivity index (χ3v) is 2.37. The molecule has 0 bridgehead atoms. The molecule has 1 unspecified atom stereocenters. The molecule has 2 rings (SSSR count). The maximum atomic E-state index is 11.1. The minimum Gasteiger partial charge on any atom is -0.481 e. The molecular formula is C12H12N2O3. The van der Waals surface area contributed by atoms with E-state index < -0.39 is 12.0 Å². The number of carbonyl (C=O) groups is 1. The Bertz CT molecular complexity index is 542. The summed E-state index contributed by atoms with van der Waals surface area (Å²) in [6.45, 7) is 1.55. The molecule has 1 aromatic carbocycles. The number of benzene rings is 1. The van der Waals surface area contributed by atoms with E-state index in [1.807, 2.05) is 18.2 Å². The van der Waals surface area contributed by atoms with Gasteiger partial charge in [0, 0.05) is 17.6 Å². The van der Waals surface area contributed by atoms with Crippen LogP contribution in [0.3, 0.4) is 0 Å². The van der Waals surface area contributed by atoms with E-state index in [0.717, 1.165) is 10.9 Å².